The molecule has 0 radical (unpaired) electrons. The lowest BCUT2D eigenvalue weighted by molar-refractivity contribution is -0.139. The van der Waals surface area contributed by atoms with Crippen LogP contribution in [0, 0.1) is 6.92 Å². The largest absolute Gasteiger partial charge is 0.480 e. The third-order valence-corrected chi connectivity index (χ3v) is 2.40. The van der Waals surface area contributed by atoms with E-state index in [9.17, 15) is 9.59 Å². The van der Waals surface area contributed by atoms with Gasteiger partial charge in [0.25, 0.3) is 5.91 Å². The smallest absolute Gasteiger partial charge is 0.326 e. The molecule has 0 aliphatic rings. The molecule has 3 N–H and O–H groups in total. The quantitative estimate of drug-likeness (QED) is 0.692. The van der Waals surface area contributed by atoms with E-state index < -0.39 is 17.9 Å². The van der Waals surface area contributed by atoms with Gasteiger partial charge < -0.3 is 15.4 Å². The number of carboxylic acid groups (broad SMARTS) is 1. The summed E-state index contributed by atoms with van der Waals surface area (Å²) in [6.07, 6.45) is 3.48. The number of carbonyl (C=O) groups is 2. The summed E-state index contributed by atoms with van der Waals surface area (Å²) in [5, 5.41) is 11.4. The minimum Gasteiger partial charge on any atom is -0.480 e. The number of imidazole rings is 1. The molecule has 0 fully saturated rings. The lowest BCUT2D eigenvalue weighted by Crippen LogP contribution is -2.40. The minimum absolute atomic E-state index is 0.283. The number of amides is 1. The Hall–Kier alpha value is -1.85. The van der Waals surface area contributed by atoms with Gasteiger partial charge in [0.05, 0.1) is 6.20 Å². The molecule has 1 rings (SSSR count). The van der Waals surface area contributed by atoms with E-state index in [2.05, 4.69) is 15.3 Å². The van der Waals surface area contributed by atoms with E-state index >= 15 is 0 Å². The molecular weight excluding hydrogens is 222 g/mol. The number of aromatic nitrogens is 2. The van der Waals surface area contributed by atoms with Crippen molar-refractivity contribution in [2.24, 2.45) is 0 Å². The maximum atomic E-state index is 11.7. The SMILES string of the molecule is CCCC[C@H](NC(=O)c1cnc(C)[nH]1)C(=O)O. The van der Waals surface area contributed by atoms with Crippen molar-refractivity contribution in [1.82, 2.24) is 15.3 Å². The first-order chi connectivity index (χ1) is 8.04. The molecule has 1 heterocycles. The van der Waals surface area contributed by atoms with Crippen LogP contribution in [0.2, 0.25) is 0 Å². The summed E-state index contributed by atoms with van der Waals surface area (Å²) in [5.74, 6) is -0.826. The van der Waals surface area contributed by atoms with Gasteiger partial charge in [-0.3, -0.25) is 4.79 Å². The van der Waals surface area contributed by atoms with E-state index in [1.54, 1.807) is 6.92 Å². The van der Waals surface area contributed by atoms with Crippen LogP contribution >= 0.6 is 0 Å². The number of aromatic amines is 1. The first-order valence-corrected chi connectivity index (χ1v) is 5.60. The Labute approximate surface area is 99.4 Å². The van der Waals surface area contributed by atoms with Gasteiger partial charge in [0, 0.05) is 0 Å². The summed E-state index contributed by atoms with van der Waals surface area (Å²) < 4.78 is 0. The molecule has 6 nitrogen and oxygen atoms in total. The molecule has 1 aromatic rings. The molecule has 1 amide bonds. The third kappa shape index (κ3) is 3.90. The Balaban J connectivity index is 2.60. The number of nitrogens with zero attached hydrogens (tertiary/aromatic N) is 1. The third-order valence-electron chi connectivity index (χ3n) is 2.40. The van der Waals surface area contributed by atoms with Gasteiger partial charge in [-0.2, -0.15) is 0 Å². The molecule has 0 aromatic carbocycles. The second-order valence-electron chi connectivity index (χ2n) is 3.89. The first-order valence-electron chi connectivity index (χ1n) is 5.60. The zero-order valence-electron chi connectivity index (χ0n) is 9.99. The highest BCUT2D eigenvalue weighted by Crippen LogP contribution is 2.03. The lowest BCUT2D eigenvalue weighted by Gasteiger charge is -2.13. The second-order valence-corrected chi connectivity index (χ2v) is 3.89. The number of nitrogens with one attached hydrogen (secondary N) is 2. The Morgan fingerprint density at radius 3 is 2.76 bits per heavy atom. The van der Waals surface area contributed by atoms with Crippen molar-refractivity contribution < 1.29 is 14.7 Å². The van der Waals surface area contributed by atoms with Crippen molar-refractivity contribution in [2.45, 2.75) is 39.2 Å². The zero-order valence-corrected chi connectivity index (χ0v) is 9.99. The fourth-order valence-electron chi connectivity index (χ4n) is 1.44. The van der Waals surface area contributed by atoms with Crippen LogP contribution in [-0.4, -0.2) is 33.0 Å². The highest BCUT2D eigenvalue weighted by Gasteiger charge is 2.20. The number of hydrogen-bond acceptors (Lipinski definition) is 3. The number of hydrogen-bond donors (Lipinski definition) is 3. The molecule has 1 atom stereocenters. The van der Waals surface area contributed by atoms with E-state index in [0.29, 0.717) is 12.2 Å². The van der Waals surface area contributed by atoms with E-state index in [4.69, 9.17) is 5.11 Å². The van der Waals surface area contributed by atoms with E-state index in [1.165, 1.54) is 6.20 Å². The topological polar surface area (TPSA) is 95.1 Å². The highest BCUT2D eigenvalue weighted by molar-refractivity contribution is 5.94. The summed E-state index contributed by atoms with van der Waals surface area (Å²) in [6, 6.07) is -0.842. The number of H-pyrrole nitrogens is 1. The normalized spacial score (nSPS) is 12.1. The second kappa shape index (κ2) is 6.03. The molecule has 0 spiro atoms. The molecule has 17 heavy (non-hydrogen) atoms. The molecule has 0 bridgehead atoms. The molecule has 94 valence electrons. The number of unbranched alkanes of at least 4 members (excludes halogenated alkanes) is 1. The minimum atomic E-state index is -1.01. The van der Waals surface area contributed by atoms with Crippen LogP contribution < -0.4 is 5.32 Å². The number of carbonyl (C=O) groups excluding carboxylic acids is 1. The van der Waals surface area contributed by atoms with Gasteiger partial charge in [-0.05, 0) is 13.3 Å². The maximum Gasteiger partial charge on any atom is 0.326 e. The molecule has 0 aliphatic heterocycles. The molecule has 1 aromatic heterocycles. The van der Waals surface area contributed by atoms with Gasteiger partial charge in [-0.25, -0.2) is 9.78 Å². The molecule has 6 heteroatoms. The predicted octanol–water partition coefficient (Wildman–Crippen LogP) is 1.09. The van der Waals surface area contributed by atoms with Crippen molar-refractivity contribution in [1.29, 1.82) is 0 Å². The van der Waals surface area contributed by atoms with Crippen LogP contribution in [0.15, 0.2) is 6.20 Å². The highest BCUT2D eigenvalue weighted by atomic mass is 16.4. The first kappa shape index (κ1) is 13.2. The number of aliphatic carboxylic acids is 1. The Kier molecular flexibility index (Phi) is 4.68. The van der Waals surface area contributed by atoms with Crippen LogP contribution in [0.25, 0.3) is 0 Å². The average Bonchev–Trinajstić information content (AvgIpc) is 2.70. The predicted molar refractivity (Wildman–Crippen MR) is 61.7 cm³/mol. The fraction of sp³-hybridized carbons (Fsp3) is 0.545. The fourth-order valence-corrected chi connectivity index (χ4v) is 1.44. The Morgan fingerprint density at radius 2 is 2.29 bits per heavy atom. The molecule has 0 saturated carbocycles. The van der Waals surface area contributed by atoms with Gasteiger partial charge >= 0.3 is 5.97 Å². The van der Waals surface area contributed by atoms with E-state index in [-0.39, 0.29) is 5.69 Å². The summed E-state index contributed by atoms with van der Waals surface area (Å²) >= 11 is 0. The number of carboxylic acids is 1. The van der Waals surface area contributed by atoms with E-state index in [1.807, 2.05) is 6.92 Å². The van der Waals surface area contributed by atoms with Crippen molar-refractivity contribution in [3.63, 3.8) is 0 Å². The summed E-state index contributed by atoms with van der Waals surface area (Å²) in [7, 11) is 0. The summed E-state index contributed by atoms with van der Waals surface area (Å²) in [5.41, 5.74) is 0.283. The maximum absolute atomic E-state index is 11.7. The van der Waals surface area contributed by atoms with E-state index in [0.717, 1.165) is 12.8 Å². The monoisotopic (exact) mass is 239 g/mol. The lowest BCUT2D eigenvalue weighted by atomic mass is 10.1. The van der Waals surface area contributed by atoms with Crippen LogP contribution in [-0.2, 0) is 4.79 Å². The number of aryl methyl sites for hydroxylation is 1. The van der Waals surface area contributed by atoms with Crippen molar-refractivity contribution in [3.8, 4) is 0 Å². The summed E-state index contributed by atoms with van der Waals surface area (Å²) in [4.78, 5) is 29.3. The molecular formula is C11H17N3O3. The van der Waals surface area contributed by atoms with Gasteiger partial charge in [0.2, 0.25) is 0 Å². The van der Waals surface area contributed by atoms with Crippen molar-refractivity contribution in [2.75, 3.05) is 0 Å². The average molecular weight is 239 g/mol. The van der Waals surface area contributed by atoms with Crippen LogP contribution in [0.3, 0.4) is 0 Å². The molecule has 0 saturated heterocycles. The molecule has 0 unspecified atom stereocenters. The van der Waals surface area contributed by atoms with Crippen molar-refractivity contribution >= 4 is 11.9 Å². The van der Waals surface area contributed by atoms with Crippen LogP contribution in [0.1, 0.15) is 42.5 Å². The van der Waals surface area contributed by atoms with Gasteiger partial charge in [-0.15, -0.1) is 0 Å². The van der Waals surface area contributed by atoms with Gasteiger partial charge in [0.1, 0.15) is 17.6 Å². The summed E-state index contributed by atoms with van der Waals surface area (Å²) in [6.45, 7) is 3.70. The van der Waals surface area contributed by atoms with Crippen LogP contribution in [0.5, 0.6) is 0 Å². The van der Waals surface area contributed by atoms with Gasteiger partial charge in [0.15, 0.2) is 0 Å². The number of rotatable bonds is 6. The van der Waals surface area contributed by atoms with Gasteiger partial charge in [-0.1, -0.05) is 19.8 Å². The van der Waals surface area contributed by atoms with Crippen molar-refractivity contribution in [3.05, 3.63) is 17.7 Å². The zero-order chi connectivity index (χ0) is 12.8. The Morgan fingerprint density at radius 1 is 1.59 bits per heavy atom. The Bertz CT molecular complexity index is 400. The van der Waals surface area contributed by atoms with Crippen LogP contribution in [0.4, 0.5) is 0 Å². The molecule has 0 aliphatic carbocycles. The standard InChI is InChI=1S/C11H17N3O3/c1-3-4-5-8(11(16)17)14-10(15)9-6-12-7(2)13-9/h6,8H,3-5H2,1-2H3,(H,12,13)(H,14,15)(H,16,17)/t8-/m0/s1.